The van der Waals surface area contributed by atoms with E-state index in [1.807, 2.05) is 30.7 Å². The molecule has 3 aromatic rings. The van der Waals surface area contributed by atoms with Gasteiger partial charge >= 0.3 is 12.4 Å². The van der Waals surface area contributed by atoms with Crippen LogP contribution in [-0.4, -0.2) is 20.8 Å². The summed E-state index contributed by atoms with van der Waals surface area (Å²) < 4.78 is 114. The number of hydrogen-bond acceptors (Lipinski definition) is 5. The van der Waals surface area contributed by atoms with Gasteiger partial charge in [-0.3, -0.25) is 9.52 Å². The van der Waals surface area contributed by atoms with E-state index in [-0.39, 0.29) is 40.7 Å². The monoisotopic (exact) mass is 612 g/mol. The zero-order valence-corrected chi connectivity index (χ0v) is 23.1. The minimum absolute atomic E-state index is 0.0267. The molecule has 13 heteroatoms. The summed E-state index contributed by atoms with van der Waals surface area (Å²) in [5, 5.41) is 3.42. The van der Waals surface area contributed by atoms with Gasteiger partial charge in [0.25, 0.3) is 10.0 Å². The van der Waals surface area contributed by atoms with Crippen LogP contribution in [0.2, 0.25) is 0 Å². The maximum Gasteiger partial charge on any atom is 0.417 e. The molecule has 0 aromatic heterocycles. The summed E-state index contributed by atoms with van der Waals surface area (Å²) in [7, 11) is -4.49. The van der Waals surface area contributed by atoms with Crippen molar-refractivity contribution in [1.82, 2.24) is 0 Å². The van der Waals surface area contributed by atoms with Gasteiger partial charge in [-0.05, 0) is 48.4 Å². The van der Waals surface area contributed by atoms with Crippen LogP contribution in [0.5, 0.6) is 0 Å². The Hall–Kier alpha value is -3.58. The van der Waals surface area contributed by atoms with Crippen molar-refractivity contribution in [3.05, 3.63) is 88.5 Å². The molecule has 6 nitrogen and oxygen atoms in total. The fourth-order valence-corrected chi connectivity index (χ4v) is 6.52. The Balaban J connectivity index is 1.43. The third-order valence-corrected chi connectivity index (χ3v) is 8.86. The van der Waals surface area contributed by atoms with Crippen molar-refractivity contribution in [1.29, 1.82) is 0 Å². The molecule has 2 aliphatic heterocycles. The van der Waals surface area contributed by atoms with Crippen molar-refractivity contribution in [2.75, 3.05) is 16.6 Å². The van der Waals surface area contributed by atoms with E-state index in [0.717, 1.165) is 5.56 Å². The fourth-order valence-electron chi connectivity index (χ4n) is 5.44. The van der Waals surface area contributed by atoms with E-state index in [2.05, 4.69) is 5.32 Å². The zero-order valence-electron chi connectivity index (χ0n) is 22.3. The molecular formula is C29H26F6N2O4S. The number of ketones is 1. The maximum absolute atomic E-state index is 13.4. The first-order valence-corrected chi connectivity index (χ1v) is 14.5. The van der Waals surface area contributed by atoms with Crippen LogP contribution >= 0.6 is 0 Å². The minimum atomic E-state index is -5.36. The molecule has 0 radical (unpaired) electrons. The van der Waals surface area contributed by atoms with Gasteiger partial charge in [0, 0.05) is 40.9 Å². The molecule has 0 bridgehead atoms. The molecular weight excluding hydrogens is 586 g/mol. The van der Waals surface area contributed by atoms with Crippen LogP contribution in [0.25, 0.3) is 0 Å². The molecule has 42 heavy (non-hydrogen) atoms. The first-order chi connectivity index (χ1) is 19.6. The number of ether oxygens (including phenoxy) is 1. The smallest absolute Gasteiger partial charge is 0.378 e. The highest BCUT2D eigenvalue weighted by Gasteiger charge is 2.44. The number of nitrogens with one attached hydrogen (secondary N) is 2. The molecule has 0 spiro atoms. The molecule has 2 heterocycles. The predicted molar refractivity (Wildman–Crippen MR) is 142 cm³/mol. The number of anilines is 2. The number of halogens is 6. The van der Waals surface area contributed by atoms with Crippen LogP contribution < -0.4 is 10.0 Å². The number of rotatable bonds is 6. The van der Waals surface area contributed by atoms with E-state index in [4.69, 9.17) is 4.74 Å². The van der Waals surface area contributed by atoms with E-state index in [1.54, 1.807) is 12.1 Å². The molecule has 1 saturated heterocycles. The summed E-state index contributed by atoms with van der Waals surface area (Å²) in [6.45, 7) is 4.06. The first-order valence-electron chi connectivity index (χ1n) is 13.0. The number of Topliss-reactive ketones (excluding diaryl/α,β-unsaturated/α-hetero) is 1. The number of fused-ring (bicyclic) bond motifs is 3. The van der Waals surface area contributed by atoms with Gasteiger partial charge in [0.2, 0.25) is 0 Å². The molecule has 0 saturated carbocycles. The standard InChI is InChI=1S/C29H26F6N2O4S/c1-15(2)26(38)17-5-3-16(4-6-17)25-20-11-12-41-27(20)21-14-19(8-10-24(21)36-25)42(39,40)37-18-7-9-22(28(30,31)32)23(13-18)29(33,34)35/h3-10,13-15,20,25,27,36-37H,11-12H2,1-2H3. The van der Waals surface area contributed by atoms with Crippen molar-refractivity contribution in [3.8, 4) is 0 Å². The van der Waals surface area contributed by atoms with Gasteiger partial charge in [0.05, 0.1) is 28.2 Å². The lowest BCUT2D eigenvalue weighted by Gasteiger charge is -2.36. The normalized spacial score (nSPS) is 20.5. The predicted octanol–water partition coefficient (Wildman–Crippen LogP) is 7.61. The quantitative estimate of drug-likeness (QED) is 0.221. The summed E-state index contributed by atoms with van der Waals surface area (Å²) in [6.07, 6.45) is -10.5. The Labute approximate surface area is 238 Å². The van der Waals surface area contributed by atoms with Gasteiger partial charge in [-0.1, -0.05) is 38.1 Å². The van der Waals surface area contributed by atoms with Crippen molar-refractivity contribution in [3.63, 3.8) is 0 Å². The van der Waals surface area contributed by atoms with E-state index >= 15 is 0 Å². The summed E-state index contributed by atoms with van der Waals surface area (Å²) in [4.78, 5) is 12.0. The van der Waals surface area contributed by atoms with Crippen LogP contribution in [0.15, 0.2) is 65.6 Å². The lowest BCUT2D eigenvalue weighted by Crippen LogP contribution is -2.29. The van der Waals surface area contributed by atoms with Crippen molar-refractivity contribution < 1.29 is 44.3 Å². The highest BCUT2D eigenvalue weighted by atomic mass is 32.2. The zero-order chi connectivity index (χ0) is 30.6. The van der Waals surface area contributed by atoms with E-state index < -0.39 is 45.3 Å². The number of sulfonamides is 1. The van der Waals surface area contributed by atoms with Gasteiger partial charge in [-0.25, -0.2) is 8.42 Å². The Morgan fingerprint density at radius 1 is 0.929 bits per heavy atom. The number of alkyl halides is 6. The van der Waals surface area contributed by atoms with Crippen molar-refractivity contribution in [2.24, 2.45) is 11.8 Å². The molecule has 2 N–H and O–H groups in total. The van der Waals surface area contributed by atoms with Crippen LogP contribution in [0.4, 0.5) is 37.7 Å². The van der Waals surface area contributed by atoms with Gasteiger partial charge in [0.1, 0.15) is 0 Å². The first kappa shape index (κ1) is 29.9. The Morgan fingerprint density at radius 3 is 2.21 bits per heavy atom. The Kier molecular flexibility index (Phi) is 7.55. The number of benzene rings is 3. The fraction of sp³-hybridized carbons (Fsp3) is 0.345. The number of carbonyl (C=O) groups excluding carboxylic acids is 1. The second-order valence-electron chi connectivity index (χ2n) is 10.6. The third-order valence-electron chi connectivity index (χ3n) is 7.48. The minimum Gasteiger partial charge on any atom is -0.378 e. The third kappa shape index (κ3) is 5.71. The van der Waals surface area contributed by atoms with Gasteiger partial charge in [0.15, 0.2) is 5.78 Å². The second-order valence-corrected chi connectivity index (χ2v) is 12.3. The van der Waals surface area contributed by atoms with E-state index in [9.17, 15) is 39.6 Å². The van der Waals surface area contributed by atoms with Gasteiger partial charge in [-0.2, -0.15) is 26.3 Å². The molecule has 2 aliphatic rings. The number of hydrogen-bond donors (Lipinski definition) is 2. The van der Waals surface area contributed by atoms with Gasteiger partial charge < -0.3 is 10.1 Å². The topological polar surface area (TPSA) is 84.5 Å². The molecule has 3 aromatic carbocycles. The lowest BCUT2D eigenvalue weighted by atomic mass is 9.81. The molecule has 224 valence electrons. The molecule has 3 atom stereocenters. The van der Waals surface area contributed by atoms with Gasteiger partial charge in [-0.15, -0.1) is 0 Å². The summed E-state index contributed by atoms with van der Waals surface area (Å²) in [5.41, 5.74) is -1.94. The molecule has 0 amide bonds. The van der Waals surface area contributed by atoms with Crippen molar-refractivity contribution >= 4 is 27.2 Å². The largest absolute Gasteiger partial charge is 0.417 e. The Bertz CT molecular complexity index is 1620. The summed E-state index contributed by atoms with van der Waals surface area (Å²) >= 11 is 0. The molecule has 3 unspecified atom stereocenters. The highest BCUT2D eigenvalue weighted by Crippen LogP contribution is 2.50. The molecule has 1 fully saturated rings. The van der Waals surface area contributed by atoms with Crippen LogP contribution in [0.1, 0.15) is 65.0 Å². The lowest BCUT2D eigenvalue weighted by molar-refractivity contribution is -0.162. The summed E-state index contributed by atoms with van der Waals surface area (Å²) in [6, 6.07) is 12.2. The Morgan fingerprint density at radius 2 is 1.60 bits per heavy atom. The van der Waals surface area contributed by atoms with Crippen LogP contribution in [0, 0.1) is 11.8 Å². The number of carbonyl (C=O) groups is 1. The van der Waals surface area contributed by atoms with Crippen LogP contribution in [0.3, 0.4) is 0 Å². The summed E-state index contributed by atoms with van der Waals surface area (Å²) in [5.74, 6) is -0.202. The SMILES string of the molecule is CC(C)C(=O)c1ccc(C2Nc3ccc(S(=O)(=O)Nc4ccc(C(F)(F)F)c(C(F)(F)F)c4)cc3C3OCCC23)cc1. The average molecular weight is 613 g/mol. The average Bonchev–Trinajstić information content (AvgIpc) is 3.41. The van der Waals surface area contributed by atoms with E-state index in [0.29, 0.717) is 35.9 Å². The van der Waals surface area contributed by atoms with Crippen LogP contribution in [-0.2, 0) is 27.1 Å². The molecule has 0 aliphatic carbocycles. The van der Waals surface area contributed by atoms with Crippen molar-refractivity contribution in [2.45, 2.75) is 49.7 Å². The molecule has 5 rings (SSSR count). The highest BCUT2D eigenvalue weighted by molar-refractivity contribution is 7.92. The maximum atomic E-state index is 13.4. The van der Waals surface area contributed by atoms with E-state index in [1.165, 1.54) is 18.2 Å². The second kappa shape index (κ2) is 10.6.